The number of amides is 1. The molecule has 0 saturated carbocycles. The molecule has 4 nitrogen and oxygen atoms in total. The van der Waals surface area contributed by atoms with E-state index in [0.717, 1.165) is 6.42 Å². The molecule has 1 aliphatic heterocycles. The fourth-order valence-corrected chi connectivity index (χ4v) is 2.30. The molecule has 0 aromatic carbocycles. The molecule has 0 bridgehead atoms. The van der Waals surface area contributed by atoms with Gasteiger partial charge in [-0.1, -0.05) is 20.8 Å². The number of rotatable bonds is 3. The lowest BCUT2D eigenvalue weighted by Gasteiger charge is -2.34. The van der Waals surface area contributed by atoms with Crippen molar-refractivity contribution in [2.24, 2.45) is 11.1 Å². The van der Waals surface area contributed by atoms with Gasteiger partial charge in [0, 0.05) is 19.0 Å². The van der Waals surface area contributed by atoms with Crippen molar-refractivity contribution in [2.75, 3.05) is 19.8 Å². The number of hydrogen-bond donors (Lipinski definition) is 1. The first-order chi connectivity index (χ1) is 7.79. The van der Waals surface area contributed by atoms with E-state index in [0.29, 0.717) is 26.2 Å². The van der Waals surface area contributed by atoms with Crippen LogP contribution in [0.2, 0.25) is 0 Å². The molecule has 1 unspecified atom stereocenters. The van der Waals surface area contributed by atoms with Crippen LogP contribution in [0.15, 0.2) is 0 Å². The molecular weight excluding hydrogens is 216 g/mol. The van der Waals surface area contributed by atoms with Gasteiger partial charge < -0.3 is 15.4 Å². The van der Waals surface area contributed by atoms with Crippen molar-refractivity contribution in [3.63, 3.8) is 0 Å². The van der Waals surface area contributed by atoms with E-state index in [1.165, 1.54) is 0 Å². The highest BCUT2D eigenvalue weighted by Gasteiger charge is 2.26. The maximum absolute atomic E-state index is 12.1. The average Bonchev–Trinajstić information content (AvgIpc) is 2.14. The van der Waals surface area contributed by atoms with Gasteiger partial charge in [0.05, 0.1) is 19.3 Å². The molecule has 1 amide bonds. The number of carbonyl (C=O) groups excluding carboxylic acids is 1. The van der Waals surface area contributed by atoms with E-state index < -0.39 is 0 Å². The van der Waals surface area contributed by atoms with Gasteiger partial charge in [0.2, 0.25) is 5.91 Å². The number of ether oxygens (including phenoxy) is 1. The Hall–Kier alpha value is -0.610. The molecule has 2 N–H and O–H groups in total. The Morgan fingerprint density at radius 3 is 2.71 bits per heavy atom. The average molecular weight is 242 g/mol. The minimum atomic E-state index is -0.0439. The van der Waals surface area contributed by atoms with Gasteiger partial charge >= 0.3 is 0 Å². The van der Waals surface area contributed by atoms with Crippen molar-refractivity contribution in [3.8, 4) is 0 Å². The van der Waals surface area contributed by atoms with Gasteiger partial charge in [-0.3, -0.25) is 4.79 Å². The van der Waals surface area contributed by atoms with Crippen LogP contribution in [0.25, 0.3) is 0 Å². The van der Waals surface area contributed by atoms with Crippen LogP contribution in [0.4, 0.5) is 0 Å². The van der Waals surface area contributed by atoms with Crippen LogP contribution in [0, 0.1) is 5.41 Å². The van der Waals surface area contributed by atoms with E-state index in [-0.39, 0.29) is 23.4 Å². The van der Waals surface area contributed by atoms with Crippen LogP contribution in [-0.4, -0.2) is 42.6 Å². The minimum Gasteiger partial charge on any atom is -0.377 e. The van der Waals surface area contributed by atoms with E-state index in [9.17, 15) is 4.79 Å². The second kappa shape index (κ2) is 5.83. The fraction of sp³-hybridized carbons (Fsp3) is 0.923. The highest BCUT2D eigenvalue weighted by atomic mass is 16.5. The van der Waals surface area contributed by atoms with Crippen molar-refractivity contribution >= 4 is 5.91 Å². The lowest BCUT2D eigenvalue weighted by molar-refractivity contribution is -0.139. The molecule has 0 aromatic rings. The standard InChI is InChI=1S/C13H26N2O2/c1-10-9-17-6-5-15(10)12(16)7-11(14)8-13(2,3)4/h10-11H,5-9,14H2,1-4H3/t10-,11?/m1/s1. The second-order valence-electron chi connectivity index (χ2n) is 6.24. The van der Waals surface area contributed by atoms with Crippen LogP contribution in [-0.2, 0) is 9.53 Å². The monoisotopic (exact) mass is 242 g/mol. The van der Waals surface area contributed by atoms with E-state index >= 15 is 0 Å². The highest BCUT2D eigenvalue weighted by molar-refractivity contribution is 5.77. The Balaban J connectivity index is 2.42. The third-order valence-electron chi connectivity index (χ3n) is 3.00. The zero-order valence-corrected chi connectivity index (χ0v) is 11.5. The van der Waals surface area contributed by atoms with E-state index in [1.807, 2.05) is 11.8 Å². The molecule has 1 saturated heterocycles. The first-order valence-electron chi connectivity index (χ1n) is 6.42. The topological polar surface area (TPSA) is 55.6 Å². The predicted molar refractivity (Wildman–Crippen MR) is 68.7 cm³/mol. The van der Waals surface area contributed by atoms with Crippen LogP contribution in [0.5, 0.6) is 0 Å². The Morgan fingerprint density at radius 1 is 1.53 bits per heavy atom. The smallest absolute Gasteiger partial charge is 0.224 e. The minimum absolute atomic E-state index is 0.0439. The Kier molecular flexibility index (Phi) is 4.95. The van der Waals surface area contributed by atoms with E-state index in [4.69, 9.17) is 10.5 Å². The lowest BCUT2D eigenvalue weighted by Crippen LogP contribution is -2.48. The summed E-state index contributed by atoms with van der Waals surface area (Å²) in [5, 5.41) is 0. The van der Waals surface area contributed by atoms with Gasteiger partial charge in [-0.2, -0.15) is 0 Å². The summed E-state index contributed by atoms with van der Waals surface area (Å²) in [5.41, 5.74) is 6.21. The number of morpholine rings is 1. The number of nitrogens with zero attached hydrogens (tertiary/aromatic N) is 1. The van der Waals surface area contributed by atoms with E-state index in [2.05, 4.69) is 20.8 Å². The highest BCUT2D eigenvalue weighted by Crippen LogP contribution is 2.21. The molecule has 17 heavy (non-hydrogen) atoms. The third kappa shape index (κ3) is 5.04. The normalized spacial score (nSPS) is 23.6. The van der Waals surface area contributed by atoms with Gasteiger partial charge in [-0.15, -0.1) is 0 Å². The lowest BCUT2D eigenvalue weighted by atomic mass is 9.87. The van der Waals surface area contributed by atoms with Crippen LogP contribution < -0.4 is 5.73 Å². The summed E-state index contributed by atoms with van der Waals surface area (Å²) in [6.45, 7) is 10.4. The van der Waals surface area contributed by atoms with Gasteiger partial charge in [-0.25, -0.2) is 0 Å². The number of hydrogen-bond acceptors (Lipinski definition) is 3. The third-order valence-corrected chi connectivity index (χ3v) is 3.00. The maximum atomic E-state index is 12.1. The molecule has 100 valence electrons. The zero-order valence-electron chi connectivity index (χ0n) is 11.5. The van der Waals surface area contributed by atoms with Crippen molar-refractivity contribution in [3.05, 3.63) is 0 Å². The molecule has 1 aliphatic rings. The van der Waals surface area contributed by atoms with Gasteiger partial charge in [0.25, 0.3) is 0 Å². The van der Waals surface area contributed by atoms with Gasteiger partial charge in [-0.05, 0) is 18.8 Å². The Bertz CT molecular complexity index is 261. The summed E-state index contributed by atoms with van der Waals surface area (Å²) in [6, 6.07) is 0.135. The van der Waals surface area contributed by atoms with Crippen molar-refractivity contribution in [2.45, 2.75) is 52.6 Å². The van der Waals surface area contributed by atoms with Crippen LogP contribution in [0.3, 0.4) is 0 Å². The predicted octanol–water partition coefficient (Wildman–Crippen LogP) is 1.39. The Labute approximate surface area is 104 Å². The first-order valence-corrected chi connectivity index (χ1v) is 6.42. The number of carbonyl (C=O) groups is 1. The summed E-state index contributed by atoms with van der Waals surface area (Å²) in [6.07, 6.45) is 1.32. The van der Waals surface area contributed by atoms with E-state index in [1.54, 1.807) is 0 Å². The molecule has 1 heterocycles. The van der Waals surface area contributed by atoms with Gasteiger partial charge in [0.15, 0.2) is 0 Å². The molecule has 0 radical (unpaired) electrons. The fourth-order valence-electron chi connectivity index (χ4n) is 2.30. The van der Waals surface area contributed by atoms with Gasteiger partial charge in [0.1, 0.15) is 0 Å². The SMILES string of the molecule is C[C@@H]1COCCN1C(=O)CC(N)CC(C)(C)C. The summed E-state index contributed by atoms with van der Waals surface area (Å²) < 4.78 is 5.32. The molecule has 0 aromatic heterocycles. The molecule has 0 aliphatic carbocycles. The summed E-state index contributed by atoms with van der Waals surface area (Å²) in [4.78, 5) is 14.0. The quantitative estimate of drug-likeness (QED) is 0.813. The molecular formula is C13H26N2O2. The van der Waals surface area contributed by atoms with Crippen molar-refractivity contribution in [1.29, 1.82) is 0 Å². The largest absolute Gasteiger partial charge is 0.377 e. The summed E-state index contributed by atoms with van der Waals surface area (Å²) in [5.74, 6) is 0.164. The zero-order chi connectivity index (χ0) is 13.1. The molecule has 1 rings (SSSR count). The van der Waals surface area contributed by atoms with Crippen LogP contribution >= 0.6 is 0 Å². The molecule has 1 fully saturated rings. The number of nitrogens with two attached hydrogens (primary N) is 1. The molecule has 2 atom stereocenters. The summed E-state index contributed by atoms with van der Waals surface area (Å²) >= 11 is 0. The Morgan fingerprint density at radius 2 is 2.18 bits per heavy atom. The van der Waals surface area contributed by atoms with Crippen molar-refractivity contribution in [1.82, 2.24) is 4.90 Å². The first kappa shape index (κ1) is 14.5. The van der Waals surface area contributed by atoms with Crippen LogP contribution in [0.1, 0.15) is 40.5 Å². The van der Waals surface area contributed by atoms with Crippen molar-refractivity contribution < 1.29 is 9.53 Å². The maximum Gasteiger partial charge on any atom is 0.224 e. The molecule has 0 spiro atoms. The molecule has 4 heteroatoms. The summed E-state index contributed by atoms with van der Waals surface area (Å²) in [7, 11) is 0. The second-order valence-corrected chi connectivity index (χ2v) is 6.24.